The third-order valence-electron chi connectivity index (χ3n) is 2.98. The van der Waals surface area contributed by atoms with Gasteiger partial charge in [0.15, 0.2) is 0 Å². The largest absolute Gasteiger partial charge is 0.380 e. The molecular weight excluding hydrogens is 216 g/mol. The summed E-state index contributed by atoms with van der Waals surface area (Å²) in [7, 11) is 1.63. The molecule has 1 aromatic rings. The fourth-order valence-corrected chi connectivity index (χ4v) is 1.85. The van der Waals surface area contributed by atoms with Crippen molar-refractivity contribution in [3.05, 3.63) is 35.4 Å². The zero-order valence-corrected chi connectivity index (χ0v) is 10.0. The lowest BCUT2D eigenvalue weighted by Crippen LogP contribution is -2.48. The van der Waals surface area contributed by atoms with Crippen LogP contribution in [-0.4, -0.2) is 32.7 Å². The molecule has 92 valence electrons. The van der Waals surface area contributed by atoms with Crippen LogP contribution in [0.15, 0.2) is 24.3 Å². The number of ether oxygens (including phenoxy) is 1. The molecule has 0 aliphatic carbocycles. The van der Waals surface area contributed by atoms with E-state index in [0.717, 1.165) is 25.2 Å². The van der Waals surface area contributed by atoms with Crippen molar-refractivity contribution in [2.75, 3.05) is 26.7 Å². The average molecular weight is 234 g/mol. The van der Waals surface area contributed by atoms with Gasteiger partial charge >= 0.3 is 0 Å². The standard InChI is InChI=1S/C13H18N2O2/c1-17-9-11-4-2-3-5-12(11)13(16)15-8-10-6-14-7-10/h2-5,10,14H,6-9H2,1H3,(H,15,16). The van der Waals surface area contributed by atoms with Crippen molar-refractivity contribution in [1.82, 2.24) is 10.6 Å². The zero-order valence-electron chi connectivity index (χ0n) is 10.0. The number of amides is 1. The molecule has 0 aromatic heterocycles. The van der Waals surface area contributed by atoms with Gasteiger partial charge in [0, 0.05) is 38.2 Å². The number of hydrogen-bond donors (Lipinski definition) is 2. The molecule has 1 saturated heterocycles. The fourth-order valence-electron chi connectivity index (χ4n) is 1.85. The maximum absolute atomic E-state index is 12.0. The summed E-state index contributed by atoms with van der Waals surface area (Å²) in [5, 5.41) is 6.15. The summed E-state index contributed by atoms with van der Waals surface area (Å²) in [6.07, 6.45) is 0. The van der Waals surface area contributed by atoms with Crippen molar-refractivity contribution >= 4 is 5.91 Å². The van der Waals surface area contributed by atoms with Gasteiger partial charge in [-0.2, -0.15) is 0 Å². The normalized spacial score (nSPS) is 15.4. The molecule has 0 radical (unpaired) electrons. The minimum absolute atomic E-state index is 0.00968. The molecule has 1 aromatic carbocycles. The summed E-state index contributed by atoms with van der Waals surface area (Å²) in [4.78, 5) is 12.0. The predicted octanol–water partition coefficient (Wildman–Crippen LogP) is 0.782. The molecule has 0 atom stereocenters. The second kappa shape index (κ2) is 5.80. The Morgan fingerprint density at radius 3 is 2.88 bits per heavy atom. The Morgan fingerprint density at radius 1 is 1.47 bits per heavy atom. The van der Waals surface area contributed by atoms with Crippen LogP contribution >= 0.6 is 0 Å². The van der Waals surface area contributed by atoms with Crippen LogP contribution in [0.4, 0.5) is 0 Å². The number of carbonyl (C=O) groups is 1. The van der Waals surface area contributed by atoms with Crippen LogP contribution in [0, 0.1) is 5.92 Å². The van der Waals surface area contributed by atoms with Crippen molar-refractivity contribution in [2.24, 2.45) is 5.92 Å². The third kappa shape index (κ3) is 3.05. The summed E-state index contributed by atoms with van der Waals surface area (Å²) in [6.45, 7) is 3.21. The van der Waals surface area contributed by atoms with Crippen molar-refractivity contribution < 1.29 is 9.53 Å². The summed E-state index contributed by atoms with van der Waals surface area (Å²) in [5.74, 6) is 0.568. The zero-order chi connectivity index (χ0) is 12.1. The van der Waals surface area contributed by atoms with Gasteiger partial charge in [0.05, 0.1) is 6.61 Å². The minimum atomic E-state index is -0.00968. The summed E-state index contributed by atoms with van der Waals surface area (Å²) in [6, 6.07) is 7.55. The van der Waals surface area contributed by atoms with E-state index in [1.54, 1.807) is 7.11 Å². The number of methoxy groups -OCH3 is 1. The van der Waals surface area contributed by atoms with Crippen LogP contribution in [-0.2, 0) is 11.3 Å². The van der Waals surface area contributed by atoms with Crippen LogP contribution in [0.5, 0.6) is 0 Å². The number of carbonyl (C=O) groups excluding carboxylic acids is 1. The highest BCUT2D eigenvalue weighted by atomic mass is 16.5. The first-order valence-corrected chi connectivity index (χ1v) is 5.87. The van der Waals surface area contributed by atoms with E-state index in [2.05, 4.69) is 10.6 Å². The van der Waals surface area contributed by atoms with Crippen LogP contribution in [0.25, 0.3) is 0 Å². The molecule has 1 fully saturated rings. The van der Waals surface area contributed by atoms with Crippen LogP contribution in [0.1, 0.15) is 15.9 Å². The summed E-state index contributed by atoms with van der Waals surface area (Å²) >= 11 is 0. The molecule has 4 heteroatoms. The molecule has 2 rings (SSSR count). The van der Waals surface area contributed by atoms with E-state index < -0.39 is 0 Å². The van der Waals surface area contributed by atoms with Crippen LogP contribution < -0.4 is 10.6 Å². The van der Waals surface area contributed by atoms with E-state index in [4.69, 9.17) is 4.74 Å². The van der Waals surface area contributed by atoms with E-state index in [-0.39, 0.29) is 5.91 Å². The van der Waals surface area contributed by atoms with Gasteiger partial charge in [-0.05, 0) is 11.6 Å². The second-order valence-corrected chi connectivity index (χ2v) is 4.32. The topological polar surface area (TPSA) is 50.4 Å². The highest BCUT2D eigenvalue weighted by Crippen LogP contribution is 2.10. The molecule has 17 heavy (non-hydrogen) atoms. The Balaban J connectivity index is 1.96. The number of nitrogens with one attached hydrogen (secondary N) is 2. The third-order valence-corrected chi connectivity index (χ3v) is 2.98. The Kier molecular flexibility index (Phi) is 4.12. The predicted molar refractivity (Wildman–Crippen MR) is 65.8 cm³/mol. The Bertz CT molecular complexity index is 389. The first kappa shape index (κ1) is 12.1. The van der Waals surface area contributed by atoms with Gasteiger partial charge in [0.25, 0.3) is 5.91 Å². The van der Waals surface area contributed by atoms with E-state index >= 15 is 0 Å². The molecular formula is C13H18N2O2. The van der Waals surface area contributed by atoms with Crippen molar-refractivity contribution in [2.45, 2.75) is 6.61 Å². The van der Waals surface area contributed by atoms with Gasteiger partial charge in [0.1, 0.15) is 0 Å². The average Bonchev–Trinajstić information content (AvgIpc) is 2.28. The fraction of sp³-hybridized carbons (Fsp3) is 0.462. The molecule has 2 N–H and O–H groups in total. The molecule has 1 heterocycles. The van der Waals surface area contributed by atoms with E-state index in [1.165, 1.54) is 0 Å². The monoisotopic (exact) mass is 234 g/mol. The number of rotatable bonds is 5. The van der Waals surface area contributed by atoms with Gasteiger partial charge in [0.2, 0.25) is 0 Å². The van der Waals surface area contributed by atoms with Crippen molar-refractivity contribution in [3.63, 3.8) is 0 Å². The molecule has 1 amide bonds. The summed E-state index contributed by atoms with van der Waals surface area (Å²) < 4.78 is 5.09. The molecule has 1 aliphatic rings. The summed E-state index contributed by atoms with van der Waals surface area (Å²) in [5.41, 5.74) is 1.64. The van der Waals surface area contributed by atoms with Crippen molar-refractivity contribution in [1.29, 1.82) is 0 Å². The van der Waals surface area contributed by atoms with E-state index in [0.29, 0.717) is 18.1 Å². The Labute approximate surface area is 101 Å². The smallest absolute Gasteiger partial charge is 0.251 e. The maximum Gasteiger partial charge on any atom is 0.251 e. The highest BCUT2D eigenvalue weighted by molar-refractivity contribution is 5.95. The van der Waals surface area contributed by atoms with Crippen LogP contribution in [0.3, 0.4) is 0 Å². The number of hydrogen-bond acceptors (Lipinski definition) is 3. The Morgan fingerprint density at radius 2 is 2.24 bits per heavy atom. The van der Waals surface area contributed by atoms with Gasteiger partial charge < -0.3 is 15.4 Å². The first-order chi connectivity index (χ1) is 8.31. The molecule has 0 bridgehead atoms. The number of benzene rings is 1. The molecule has 0 saturated carbocycles. The molecule has 1 aliphatic heterocycles. The molecule has 0 unspecified atom stereocenters. The lowest BCUT2D eigenvalue weighted by molar-refractivity contribution is 0.0937. The molecule has 0 spiro atoms. The first-order valence-electron chi connectivity index (χ1n) is 5.87. The van der Waals surface area contributed by atoms with E-state index in [9.17, 15) is 4.79 Å². The highest BCUT2D eigenvalue weighted by Gasteiger charge is 2.18. The second-order valence-electron chi connectivity index (χ2n) is 4.32. The van der Waals surface area contributed by atoms with Crippen molar-refractivity contribution in [3.8, 4) is 0 Å². The van der Waals surface area contributed by atoms with Gasteiger partial charge in [-0.15, -0.1) is 0 Å². The minimum Gasteiger partial charge on any atom is -0.380 e. The van der Waals surface area contributed by atoms with Gasteiger partial charge in [-0.1, -0.05) is 18.2 Å². The van der Waals surface area contributed by atoms with Gasteiger partial charge in [-0.3, -0.25) is 4.79 Å². The lowest BCUT2D eigenvalue weighted by Gasteiger charge is -2.27. The van der Waals surface area contributed by atoms with E-state index in [1.807, 2.05) is 24.3 Å². The molecule has 4 nitrogen and oxygen atoms in total. The SMILES string of the molecule is COCc1ccccc1C(=O)NCC1CNC1. The van der Waals surface area contributed by atoms with Crippen LogP contribution in [0.2, 0.25) is 0 Å². The quantitative estimate of drug-likeness (QED) is 0.791. The maximum atomic E-state index is 12.0. The van der Waals surface area contributed by atoms with Gasteiger partial charge in [-0.25, -0.2) is 0 Å². The lowest BCUT2D eigenvalue weighted by atomic mass is 10.0. The Hall–Kier alpha value is -1.39.